The molecule has 0 aliphatic rings. The van der Waals surface area contributed by atoms with Gasteiger partial charge in [0.25, 0.3) is 0 Å². The van der Waals surface area contributed by atoms with Gasteiger partial charge in [0.1, 0.15) is 10.7 Å². The molecule has 2 heterocycles. The second kappa shape index (κ2) is 5.15. The summed E-state index contributed by atoms with van der Waals surface area (Å²) in [5, 5.41) is 16.4. The number of anilines is 1. The highest BCUT2D eigenvalue weighted by Gasteiger charge is 2.11. The molecule has 3 aromatic rings. The summed E-state index contributed by atoms with van der Waals surface area (Å²) in [5.41, 5.74) is 1.62. The average molecular weight is 308 g/mol. The van der Waals surface area contributed by atoms with Crippen LogP contribution in [0.3, 0.4) is 0 Å². The van der Waals surface area contributed by atoms with E-state index in [1.165, 1.54) is 0 Å². The summed E-state index contributed by atoms with van der Waals surface area (Å²) in [5.74, 6) is -0.997. The Bertz CT molecular complexity index is 767. The maximum absolute atomic E-state index is 11.0. The van der Waals surface area contributed by atoms with Crippen LogP contribution < -0.4 is 5.32 Å². The van der Waals surface area contributed by atoms with Gasteiger partial charge in [-0.3, -0.25) is 0 Å². The number of carboxylic acids is 1. The molecule has 20 heavy (non-hydrogen) atoms. The number of carboxylic acid groups (broad SMARTS) is 1. The van der Waals surface area contributed by atoms with Crippen LogP contribution in [0.1, 0.15) is 15.5 Å². The smallest absolute Gasteiger partial charge is 0.352 e. The largest absolute Gasteiger partial charge is 0.477 e. The first-order chi connectivity index (χ1) is 9.63. The molecular formula is C13H10ClN3O2S. The molecular weight excluding hydrogens is 298 g/mol. The molecule has 3 N–H and O–H groups in total. The zero-order valence-corrected chi connectivity index (χ0v) is 11.8. The number of thiazole rings is 1. The number of aromatic amines is 1. The molecule has 7 heteroatoms. The van der Waals surface area contributed by atoms with Crippen LogP contribution in [0.5, 0.6) is 0 Å². The number of nitrogens with zero attached hydrogens (tertiary/aromatic N) is 1. The average Bonchev–Trinajstić information content (AvgIpc) is 3.04. The molecule has 0 saturated carbocycles. The summed E-state index contributed by atoms with van der Waals surface area (Å²) in [4.78, 5) is 18.1. The van der Waals surface area contributed by atoms with E-state index in [0.29, 0.717) is 11.6 Å². The van der Waals surface area contributed by atoms with Gasteiger partial charge in [-0.1, -0.05) is 11.6 Å². The number of benzene rings is 1. The van der Waals surface area contributed by atoms with Crippen molar-refractivity contribution < 1.29 is 9.90 Å². The quantitative estimate of drug-likeness (QED) is 0.688. The number of nitrogens with one attached hydrogen (secondary N) is 2. The highest BCUT2D eigenvalue weighted by atomic mass is 35.5. The van der Waals surface area contributed by atoms with Crippen LogP contribution in [0, 0.1) is 0 Å². The van der Waals surface area contributed by atoms with E-state index in [4.69, 9.17) is 16.7 Å². The zero-order valence-electron chi connectivity index (χ0n) is 10.2. The lowest BCUT2D eigenvalue weighted by Gasteiger charge is -2.06. The summed E-state index contributed by atoms with van der Waals surface area (Å²) in [7, 11) is 0. The molecule has 0 unspecified atom stereocenters. The molecule has 102 valence electrons. The van der Waals surface area contributed by atoms with Crippen LogP contribution in [0.25, 0.3) is 10.9 Å². The van der Waals surface area contributed by atoms with Gasteiger partial charge in [0, 0.05) is 22.0 Å². The van der Waals surface area contributed by atoms with Crippen LogP contribution in [-0.4, -0.2) is 21.0 Å². The van der Waals surface area contributed by atoms with Crippen molar-refractivity contribution in [3.8, 4) is 0 Å². The molecule has 2 aromatic heterocycles. The monoisotopic (exact) mass is 307 g/mol. The van der Waals surface area contributed by atoms with Crippen molar-refractivity contribution in [1.29, 1.82) is 0 Å². The SMILES string of the molecule is O=C(O)c1cc2cc(Cl)cc(NCc3nccs3)c2[nH]1. The Balaban J connectivity index is 1.98. The summed E-state index contributed by atoms with van der Waals surface area (Å²) in [6.45, 7) is 0.564. The number of aromatic nitrogens is 2. The number of rotatable bonds is 4. The van der Waals surface area contributed by atoms with E-state index in [1.54, 1.807) is 35.7 Å². The van der Waals surface area contributed by atoms with Crippen molar-refractivity contribution in [3.63, 3.8) is 0 Å². The van der Waals surface area contributed by atoms with Gasteiger partial charge in [0.15, 0.2) is 0 Å². The number of H-pyrrole nitrogens is 1. The van der Waals surface area contributed by atoms with Gasteiger partial charge in [-0.15, -0.1) is 11.3 Å². The lowest BCUT2D eigenvalue weighted by atomic mass is 10.2. The molecule has 0 spiro atoms. The third kappa shape index (κ3) is 2.48. The molecule has 1 aromatic carbocycles. The van der Waals surface area contributed by atoms with Crippen LogP contribution in [0.2, 0.25) is 5.02 Å². The minimum atomic E-state index is -0.997. The summed E-state index contributed by atoms with van der Waals surface area (Å²) in [6.07, 6.45) is 1.74. The highest BCUT2D eigenvalue weighted by molar-refractivity contribution is 7.09. The molecule has 5 nitrogen and oxygen atoms in total. The van der Waals surface area contributed by atoms with E-state index in [9.17, 15) is 4.79 Å². The van der Waals surface area contributed by atoms with Crippen LogP contribution in [-0.2, 0) is 6.54 Å². The van der Waals surface area contributed by atoms with Gasteiger partial charge in [0.05, 0.1) is 17.7 Å². The number of hydrogen-bond acceptors (Lipinski definition) is 4. The lowest BCUT2D eigenvalue weighted by Crippen LogP contribution is -2.00. The maximum Gasteiger partial charge on any atom is 0.352 e. The first kappa shape index (κ1) is 13.0. The third-order valence-electron chi connectivity index (χ3n) is 2.84. The fraction of sp³-hybridized carbons (Fsp3) is 0.0769. The van der Waals surface area contributed by atoms with Gasteiger partial charge in [-0.05, 0) is 18.2 Å². The van der Waals surface area contributed by atoms with Gasteiger partial charge in [0.2, 0.25) is 0 Å². The first-order valence-electron chi connectivity index (χ1n) is 5.81. The van der Waals surface area contributed by atoms with Gasteiger partial charge in [-0.2, -0.15) is 0 Å². The molecule has 0 atom stereocenters. The number of aromatic carboxylic acids is 1. The minimum absolute atomic E-state index is 0.138. The molecule has 0 fully saturated rings. The van der Waals surface area contributed by atoms with E-state index in [2.05, 4.69) is 15.3 Å². The second-order valence-corrected chi connectivity index (χ2v) is 5.60. The number of halogens is 1. The summed E-state index contributed by atoms with van der Waals surface area (Å²) in [6, 6.07) is 5.06. The van der Waals surface area contributed by atoms with Crippen LogP contribution in [0.4, 0.5) is 5.69 Å². The van der Waals surface area contributed by atoms with E-state index in [0.717, 1.165) is 21.6 Å². The Kier molecular flexibility index (Phi) is 3.33. The predicted molar refractivity (Wildman–Crippen MR) is 79.7 cm³/mol. The molecule has 0 radical (unpaired) electrons. The van der Waals surface area contributed by atoms with Crippen molar-refractivity contribution >= 4 is 45.5 Å². The van der Waals surface area contributed by atoms with E-state index < -0.39 is 5.97 Å². The highest BCUT2D eigenvalue weighted by Crippen LogP contribution is 2.29. The topological polar surface area (TPSA) is 78.0 Å². The molecule has 0 aliphatic heterocycles. The van der Waals surface area contributed by atoms with Gasteiger partial charge < -0.3 is 15.4 Å². The van der Waals surface area contributed by atoms with Crippen molar-refractivity contribution in [2.24, 2.45) is 0 Å². The molecule has 3 rings (SSSR count). The lowest BCUT2D eigenvalue weighted by molar-refractivity contribution is 0.0691. The van der Waals surface area contributed by atoms with Crippen molar-refractivity contribution in [2.45, 2.75) is 6.54 Å². The van der Waals surface area contributed by atoms with E-state index in [1.807, 2.05) is 5.38 Å². The third-order valence-corrected chi connectivity index (χ3v) is 3.83. The van der Waals surface area contributed by atoms with Crippen molar-refractivity contribution in [1.82, 2.24) is 9.97 Å². The first-order valence-corrected chi connectivity index (χ1v) is 7.07. The predicted octanol–water partition coefficient (Wildman–Crippen LogP) is 3.59. The van der Waals surface area contributed by atoms with Crippen LogP contribution in [0.15, 0.2) is 29.8 Å². The van der Waals surface area contributed by atoms with Crippen LogP contribution >= 0.6 is 22.9 Å². The Hall–Kier alpha value is -2.05. The zero-order chi connectivity index (χ0) is 14.1. The Morgan fingerprint density at radius 1 is 1.45 bits per heavy atom. The molecule has 0 bridgehead atoms. The number of hydrogen-bond donors (Lipinski definition) is 3. The maximum atomic E-state index is 11.0. The van der Waals surface area contributed by atoms with Crippen molar-refractivity contribution in [2.75, 3.05) is 5.32 Å². The standard InChI is InChI=1S/C13H10ClN3O2S/c14-8-3-7-4-10(13(18)19)17-12(7)9(5-8)16-6-11-15-1-2-20-11/h1-5,16-17H,6H2,(H,18,19). The Morgan fingerprint density at radius 2 is 2.30 bits per heavy atom. The molecule has 0 saturated heterocycles. The molecule has 0 amide bonds. The second-order valence-electron chi connectivity index (χ2n) is 4.19. The minimum Gasteiger partial charge on any atom is -0.477 e. The van der Waals surface area contributed by atoms with Gasteiger partial charge in [-0.25, -0.2) is 9.78 Å². The summed E-state index contributed by atoms with van der Waals surface area (Å²) >= 11 is 7.61. The van der Waals surface area contributed by atoms with E-state index >= 15 is 0 Å². The number of fused-ring (bicyclic) bond motifs is 1. The number of carbonyl (C=O) groups is 1. The normalized spacial score (nSPS) is 10.8. The fourth-order valence-corrected chi connectivity index (χ4v) is 2.76. The van der Waals surface area contributed by atoms with Crippen molar-refractivity contribution in [3.05, 3.63) is 45.5 Å². The molecule has 0 aliphatic carbocycles. The van der Waals surface area contributed by atoms with Gasteiger partial charge >= 0.3 is 5.97 Å². The fourth-order valence-electron chi connectivity index (χ4n) is 1.97. The summed E-state index contributed by atoms with van der Waals surface area (Å²) < 4.78 is 0. The Labute approximate surface area is 123 Å². The Morgan fingerprint density at radius 3 is 3.00 bits per heavy atom. The van der Waals surface area contributed by atoms with E-state index in [-0.39, 0.29) is 5.69 Å².